The molecule has 0 spiro atoms. The third-order valence-corrected chi connectivity index (χ3v) is 7.86. The number of nitrogens with zero attached hydrogens (tertiary/aromatic N) is 3. The number of β-lactam (4-membered cyclic amide) rings is 1. The van der Waals surface area contributed by atoms with Crippen LogP contribution >= 0.6 is 34.9 Å². The van der Waals surface area contributed by atoms with Crippen molar-refractivity contribution in [2.75, 3.05) is 18.1 Å². The van der Waals surface area contributed by atoms with Gasteiger partial charge >= 0.3 is 12.1 Å². The highest BCUT2D eigenvalue weighted by atomic mass is 32.2. The minimum atomic E-state index is -1.18. The fourth-order valence-electron chi connectivity index (χ4n) is 3.12. The van der Waals surface area contributed by atoms with Crippen LogP contribution in [0.4, 0.5) is 4.79 Å². The topological polar surface area (TPSA) is 151 Å². The molecule has 1 fully saturated rings. The summed E-state index contributed by atoms with van der Waals surface area (Å²) in [5.41, 5.74) is -0.0503. The van der Waals surface area contributed by atoms with Gasteiger partial charge in [0.25, 0.3) is 5.91 Å². The quantitative estimate of drug-likeness (QED) is 0.344. The average molecular weight is 516 g/mol. The minimum Gasteiger partial charge on any atom is -0.477 e. The van der Waals surface area contributed by atoms with Crippen LogP contribution in [0, 0.1) is 6.92 Å². The van der Waals surface area contributed by atoms with E-state index in [0.717, 1.165) is 9.35 Å². The first-order valence-corrected chi connectivity index (χ1v) is 12.9. The summed E-state index contributed by atoms with van der Waals surface area (Å²) in [6.45, 7) is 7.09. The summed E-state index contributed by atoms with van der Waals surface area (Å²) >= 11 is 4.21. The van der Waals surface area contributed by atoms with Gasteiger partial charge in [0.05, 0.1) is 0 Å². The van der Waals surface area contributed by atoms with E-state index in [-0.39, 0.29) is 18.7 Å². The van der Waals surface area contributed by atoms with Crippen molar-refractivity contribution in [3.63, 3.8) is 0 Å². The van der Waals surface area contributed by atoms with E-state index in [1.165, 1.54) is 39.8 Å². The fourth-order valence-corrected chi connectivity index (χ4v) is 6.42. The number of carboxylic acids is 1. The number of hydrogen-bond donors (Lipinski definition) is 3. The zero-order valence-electron chi connectivity index (χ0n) is 18.5. The van der Waals surface area contributed by atoms with Gasteiger partial charge < -0.3 is 20.5 Å². The van der Waals surface area contributed by atoms with Crippen molar-refractivity contribution < 1.29 is 29.0 Å². The highest BCUT2D eigenvalue weighted by Crippen LogP contribution is 2.41. The predicted molar refractivity (Wildman–Crippen MR) is 124 cm³/mol. The second-order valence-corrected chi connectivity index (χ2v) is 11.8. The van der Waals surface area contributed by atoms with E-state index in [1.54, 1.807) is 20.8 Å². The molecule has 11 nitrogen and oxygen atoms in total. The number of rotatable bonds is 8. The summed E-state index contributed by atoms with van der Waals surface area (Å²) in [7, 11) is 0. The molecule has 2 aliphatic heterocycles. The largest absolute Gasteiger partial charge is 0.477 e. The van der Waals surface area contributed by atoms with Crippen LogP contribution < -0.4 is 10.6 Å². The molecule has 180 valence electrons. The van der Waals surface area contributed by atoms with Crippen molar-refractivity contribution in [2.45, 2.75) is 55.5 Å². The van der Waals surface area contributed by atoms with Gasteiger partial charge in [-0.15, -0.1) is 22.0 Å². The number of nitrogens with one attached hydrogen (secondary N) is 2. The predicted octanol–water partition coefficient (Wildman–Crippen LogP) is 1.59. The first-order chi connectivity index (χ1) is 15.5. The summed E-state index contributed by atoms with van der Waals surface area (Å²) < 4.78 is 5.83. The van der Waals surface area contributed by atoms with E-state index < -0.39 is 40.9 Å². The van der Waals surface area contributed by atoms with Gasteiger partial charge in [0.2, 0.25) is 5.91 Å². The van der Waals surface area contributed by atoms with Gasteiger partial charge in [-0.3, -0.25) is 14.5 Å². The Morgan fingerprint density at radius 3 is 2.64 bits per heavy atom. The van der Waals surface area contributed by atoms with E-state index in [0.29, 0.717) is 17.1 Å². The molecule has 0 aromatic carbocycles. The maximum atomic E-state index is 12.7. The lowest BCUT2D eigenvalue weighted by molar-refractivity contribution is -0.150. The van der Waals surface area contributed by atoms with Crippen LogP contribution in [-0.2, 0) is 19.1 Å². The molecule has 1 saturated heterocycles. The number of aryl methyl sites for hydroxylation is 1. The van der Waals surface area contributed by atoms with E-state index in [9.17, 15) is 24.3 Å². The number of thioether (sulfide) groups is 2. The number of aromatic nitrogens is 2. The number of ether oxygens (including phenoxy) is 1. The number of carbonyl (C=O) groups is 4. The molecule has 0 aliphatic carbocycles. The van der Waals surface area contributed by atoms with E-state index >= 15 is 0 Å². The molecule has 33 heavy (non-hydrogen) atoms. The van der Waals surface area contributed by atoms with Gasteiger partial charge in [0.15, 0.2) is 4.34 Å². The van der Waals surface area contributed by atoms with Gasteiger partial charge in [-0.2, -0.15) is 0 Å². The summed E-state index contributed by atoms with van der Waals surface area (Å²) in [6.07, 6.45) is -0.667. The zero-order valence-corrected chi connectivity index (χ0v) is 21.0. The number of carbonyl (C=O) groups excluding carboxylic acids is 3. The number of hydrogen-bond acceptors (Lipinski definition) is 10. The molecule has 2 atom stereocenters. The number of fused-ring (bicyclic) bond motifs is 1. The lowest BCUT2D eigenvalue weighted by Crippen LogP contribution is -2.70. The second kappa shape index (κ2) is 10.3. The zero-order chi connectivity index (χ0) is 24.3. The maximum Gasteiger partial charge on any atom is 0.407 e. The van der Waals surface area contributed by atoms with Crippen LogP contribution in [0.5, 0.6) is 0 Å². The lowest BCUT2D eigenvalue weighted by atomic mass is 10.0. The summed E-state index contributed by atoms with van der Waals surface area (Å²) in [4.78, 5) is 49.7. The molecular formula is C19H25N5O6S3. The third kappa shape index (κ3) is 6.38. The SMILES string of the molecule is Cc1nnc(SCC2=C(C(=O)O)N3C(=O)C(NC(=O)CCNC(=O)OC(C)(C)C)[C@@H]3SC2)s1. The molecule has 3 rings (SSSR count). The molecule has 1 unspecified atom stereocenters. The Balaban J connectivity index is 1.54. The van der Waals surface area contributed by atoms with Gasteiger partial charge in [-0.25, -0.2) is 9.59 Å². The monoisotopic (exact) mass is 515 g/mol. The van der Waals surface area contributed by atoms with E-state index in [4.69, 9.17) is 4.74 Å². The van der Waals surface area contributed by atoms with Crippen LogP contribution in [0.25, 0.3) is 0 Å². The van der Waals surface area contributed by atoms with Gasteiger partial charge in [-0.05, 0) is 33.3 Å². The van der Waals surface area contributed by atoms with Crippen molar-refractivity contribution in [1.29, 1.82) is 0 Å². The van der Waals surface area contributed by atoms with Crippen molar-refractivity contribution in [1.82, 2.24) is 25.7 Å². The van der Waals surface area contributed by atoms with E-state index in [2.05, 4.69) is 20.8 Å². The van der Waals surface area contributed by atoms with Crippen LogP contribution in [0.1, 0.15) is 32.2 Å². The molecule has 0 bridgehead atoms. The Labute approximate surface area is 203 Å². The first kappa shape index (κ1) is 25.3. The van der Waals surface area contributed by atoms with Crippen molar-refractivity contribution in [3.05, 3.63) is 16.3 Å². The molecule has 0 saturated carbocycles. The highest BCUT2D eigenvalue weighted by molar-refractivity contribution is 8.01. The highest BCUT2D eigenvalue weighted by Gasteiger charge is 2.54. The Morgan fingerprint density at radius 2 is 2.03 bits per heavy atom. The number of alkyl carbamates (subject to hydrolysis) is 1. The van der Waals surface area contributed by atoms with E-state index in [1.807, 2.05) is 6.92 Å². The molecule has 1 aromatic rings. The molecule has 3 amide bonds. The second-order valence-electron chi connectivity index (χ2n) is 8.27. The van der Waals surface area contributed by atoms with Crippen molar-refractivity contribution in [2.24, 2.45) is 0 Å². The standard InChI is InChI=1S/C19H25N5O6S3/c1-9-22-23-18(33-9)32-8-10-7-31-15-12(14(26)24(15)13(10)16(27)28)21-11(25)5-6-20-17(29)30-19(2,3)4/h12,15H,5-8H2,1-4H3,(H,20,29)(H,21,25)(H,27,28)/t12?,15-/m0/s1. The van der Waals surface area contributed by atoms with Crippen molar-refractivity contribution >= 4 is 58.7 Å². The molecule has 1 aromatic heterocycles. The van der Waals surface area contributed by atoms with Crippen LogP contribution in [-0.4, -0.2) is 79.1 Å². The molecule has 3 heterocycles. The molecule has 3 N–H and O–H groups in total. The third-order valence-electron chi connectivity index (χ3n) is 4.46. The first-order valence-electron chi connectivity index (χ1n) is 10.1. The Hall–Kier alpha value is -2.32. The number of aliphatic carboxylic acids is 1. The summed E-state index contributed by atoms with van der Waals surface area (Å²) in [5, 5.41) is 23.2. The lowest BCUT2D eigenvalue weighted by Gasteiger charge is -2.49. The summed E-state index contributed by atoms with van der Waals surface area (Å²) in [5.74, 6) is -1.25. The van der Waals surface area contributed by atoms with Crippen molar-refractivity contribution in [3.8, 4) is 0 Å². The normalized spacial score (nSPS) is 20.1. The number of amides is 3. The average Bonchev–Trinajstić information content (AvgIpc) is 3.13. The Morgan fingerprint density at radius 1 is 1.30 bits per heavy atom. The van der Waals surface area contributed by atoms with Crippen LogP contribution in [0.3, 0.4) is 0 Å². The molecule has 0 radical (unpaired) electrons. The molecular weight excluding hydrogens is 490 g/mol. The Kier molecular flexibility index (Phi) is 7.90. The Bertz CT molecular complexity index is 989. The maximum absolute atomic E-state index is 12.7. The summed E-state index contributed by atoms with van der Waals surface area (Å²) in [6, 6.07) is -0.807. The van der Waals surface area contributed by atoms with Gasteiger partial charge in [0.1, 0.15) is 27.7 Å². The smallest absolute Gasteiger partial charge is 0.407 e. The van der Waals surface area contributed by atoms with Gasteiger partial charge in [-0.1, -0.05) is 23.1 Å². The van der Waals surface area contributed by atoms with Crippen LogP contribution in [0.15, 0.2) is 15.6 Å². The van der Waals surface area contributed by atoms with Gasteiger partial charge in [0, 0.05) is 24.5 Å². The van der Waals surface area contributed by atoms with Crippen LogP contribution in [0.2, 0.25) is 0 Å². The molecule has 2 aliphatic rings. The minimum absolute atomic E-state index is 0.0328. The number of carboxylic acid groups (broad SMARTS) is 1. The molecule has 14 heteroatoms. The fraction of sp³-hybridized carbons (Fsp3) is 0.579.